The van der Waals surface area contributed by atoms with E-state index in [-0.39, 0.29) is 10.6 Å². The first kappa shape index (κ1) is 16.0. The number of halogens is 2. The molecule has 1 heterocycles. The molecule has 0 unspecified atom stereocenters. The van der Waals surface area contributed by atoms with E-state index in [0.29, 0.717) is 16.1 Å². The Morgan fingerprint density at radius 1 is 1.30 bits per heavy atom. The average molecular weight is 353 g/mol. The molecular formula is C16H14ClFN2O2S. The maximum absolute atomic E-state index is 14.0. The van der Waals surface area contributed by atoms with E-state index >= 15 is 0 Å². The van der Waals surface area contributed by atoms with Gasteiger partial charge >= 0.3 is 0 Å². The van der Waals surface area contributed by atoms with Crippen molar-refractivity contribution in [2.24, 2.45) is 5.73 Å². The number of amides is 2. The zero-order valence-corrected chi connectivity index (χ0v) is 13.9. The first-order valence-electron chi connectivity index (χ1n) is 7.10. The molecule has 0 aliphatic heterocycles. The number of benzene rings is 1. The Balaban J connectivity index is 1.99. The zero-order chi connectivity index (χ0) is 16.7. The van der Waals surface area contributed by atoms with Gasteiger partial charge in [-0.15, -0.1) is 11.3 Å². The number of aryl methyl sites for hydroxylation is 2. The van der Waals surface area contributed by atoms with Crippen LogP contribution in [0.4, 0.5) is 9.39 Å². The van der Waals surface area contributed by atoms with E-state index < -0.39 is 17.6 Å². The highest BCUT2D eigenvalue weighted by Gasteiger charge is 2.27. The average Bonchev–Trinajstić information content (AvgIpc) is 3.03. The van der Waals surface area contributed by atoms with Crippen LogP contribution >= 0.6 is 22.9 Å². The summed E-state index contributed by atoms with van der Waals surface area (Å²) >= 11 is 7.37. The summed E-state index contributed by atoms with van der Waals surface area (Å²) in [6.07, 6.45) is 2.59. The first-order valence-corrected chi connectivity index (χ1v) is 8.30. The number of nitrogens with one attached hydrogen (secondary N) is 1. The molecule has 1 aliphatic carbocycles. The molecule has 1 aromatic heterocycles. The van der Waals surface area contributed by atoms with Crippen molar-refractivity contribution in [1.29, 1.82) is 0 Å². The Kier molecular flexibility index (Phi) is 4.12. The minimum absolute atomic E-state index is 0.0622. The van der Waals surface area contributed by atoms with Crippen molar-refractivity contribution in [3.63, 3.8) is 0 Å². The van der Waals surface area contributed by atoms with Crippen LogP contribution in [0, 0.1) is 12.7 Å². The van der Waals surface area contributed by atoms with Crippen LogP contribution in [0.15, 0.2) is 12.1 Å². The van der Waals surface area contributed by atoms with Gasteiger partial charge in [0.2, 0.25) is 0 Å². The number of anilines is 1. The maximum Gasteiger partial charge on any atom is 0.260 e. The number of hydrogen-bond acceptors (Lipinski definition) is 3. The Morgan fingerprint density at radius 2 is 2.04 bits per heavy atom. The highest BCUT2D eigenvalue weighted by molar-refractivity contribution is 7.17. The quantitative estimate of drug-likeness (QED) is 0.884. The van der Waals surface area contributed by atoms with Crippen LogP contribution in [0.1, 0.15) is 43.1 Å². The van der Waals surface area contributed by atoms with E-state index in [9.17, 15) is 14.0 Å². The summed E-state index contributed by atoms with van der Waals surface area (Å²) in [4.78, 5) is 25.2. The van der Waals surface area contributed by atoms with Crippen LogP contribution in [0.5, 0.6) is 0 Å². The Bertz CT molecular complexity index is 832. The lowest BCUT2D eigenvalue weighted by Gasteiger charge is -2.09. The van der Waals surface area contributed by atoms with Crippen molar-refractivity contribution in [2.75, 3.05) is 5.32 Å². The van der Waals surface area contributed by atoms with Crippen LogP contribution in [0.3, 0.4) is 0 Å². The number of carbonyl (C=O) groups is 2. The summed E-state index contributed by atoms with van der Waals surface area (Å²) in [5.41, 5.74) is 7.05. The molecule has 4 nitrogen and oxygen atoms in total. The van der Waals surface area contributed by atoms with E-state index in [1.807, 2.05) is 0 Å². The maximum atomic E-state index is 14.0. The van der Waals surface area contributed by atoms with Gasteiger partial charge in [-0.2, -0.15) is 0 Å². The van der Waals surface area contributed by atoms with E-state index in [0.717, 1.165) is 29.7 Å². The molecule has 2 aromatic rings. The number of fused-ring (bicyclic) bond motifs is 1. The normalized spacial score (nSPS) is 13.0. The number of rotatable bonds is 3. The highest BCUT2D eigenvalue weighted by Crippen LogP contribution is 2.39. The fraction of sp³-hybridized carbons (Fsp3) is 0.250. The topological polar surface area (TPSA) is 72.2 Å². The third-order valence-corrected chi connectivity index (χ3v) is 5.60. The number of thiophene rings is 1. The van der Waals surface area contributed by atoms with Gasteiger partial charge in [0.05, 0.1) is 16.1 Å². The predicted octanol–water partition coefficient (Wildman–Crippen LogP) is 3.69. The molecule has 23 heavy (non-hydrogen) atoms. The SMILES string of the molecule is Cc1ccc(F)c(C(=O)Nc2sc3c(c2C(N)=O)CCC3)c1Cl. The van der Waals surface area contributed by atoms with Gasteiger partial charge in [0.1, 0.15) is 10.8 Å². The number of hydrogen-bond donors (Lipinski definition) is 2. The summed E-state index contributed by atoms with van der Waals surface area (Å²) in [7, 11) is 0. The van der Waals surface area contributed by atoms with Crippen molar-refractivity contribution < 1.29 is 14.0 Å². The van der Waals surface area contributed by atoms with Gasteiger partial charge in [-0.3, -0.25) is 9.59 Å². The highest BCUT2D eigenvalue weighted by atomic mass is 35.5. The molecule has 0 atom stereocenters. The summed E-state index contributed by atoms with van der Waals surface area (Å²) in [5.74, 6) is -1.98. The van der Waals surface area contributed by atoms with Gasteiger partial charge in [-0.05, 0) is 43.4 Å². The molecule has 3 rings (SSSR count). The molecular weight excluding hydrogens is 339 g/mol. The van der Waals surface area contributed by atoms with E-state index in [4.69, 9.17) is 17.3 Å². The van der Waals surface area contributed by atoms with Crippen molar-refractivity contribution in [1.82, 2.24) is 0 Å². The van der Waals surface area contributed by atoms with Gasteiger partial charge in [0, 0.05) is 4.88 Å². The molecule has 120 valence electrons. The van der Waals surface area contributed by atoms with Crippen LogP contribution < -0.4 is 11.1 Å². The summed E-state index contributed by atoms with van der Waals surface area (Å²) < 4.78 is 14.0. The van der Waals surface area contributed by atoms with Crippen LogP contribution in [-0.2, 0) is 12.8 Å². The molecule has 3 N–H and O–H groups in total. The molecule has 0 fully saturated rings. The summed E-state index contributed by atoms with van der Waals surface area (Å²) in [6.45, 7) is 1.69. The molecule has 0 saturated carbocycles. The predicted molar refractivity (Wildman–Crippen MR) is 89.0 cm³/mol. The van der Waals surface area contributed by atoms with E-state index in [2.05, 4.69) is 5.32 Å². The van der Waals surface area contributed by atoms with E-state index in [1.54, 1.807) is 6.92 Å². The van der Waals surface area contributed by atoms with Crippen molar-refractivity contribution in [3.8, 4) is 0 Å². The van der Waals surface area contributed by atoms with Gasteiger partial charge in [0.15, 0.2) is 0 Å². The lowest BCUT2D eigenvalue weighted by atomic mass is 10.1. The fourth-order valence-corrected chi connectivity index (χ4v) is 4.31. The van der Waals surface area contributed by atoms with Crippen molar-refractivity contribution in [2.45, 2.75) is 26.2 Å². The first-order chi connectivity index (χ1) is 10.9. The summed E-state index contributed by atoms with van der Waals surface area (Å²) in [5, 5.41) is 3.03. The molecule has 0 spiro atoms. The fourth-order valence-electron chi connectivity index (χ4n) is 2.78. The lowest BCUT2D eigenvalue weighted by Crippen LogP contribution is -2.19. The van der Waals surface area contributed by atoms with Crippen molar-refractivity contribution >= 4 is 39.8 Å². The monoisotopic (exact) mass is 352 g/mol. The van der Waals surface area contributed by atoms with Crippen LogP contribution in [0.25, 0.3) is 0 Å². The lowest BCUT2D eigenvalue weighted by molar-refractivity contribution is 0.100. The molecule has 1 aromatic carbocycles. The number of nitrogens with two attached hydrogens (primary N) is 1. The molecule has 7 heteroatoms. The second-order valence-electron chi connectivity index (χ2n) is 5.43. The molecule has 0 bridgehead atoms. The van der Waals surface area contributed by atoms with Gasteiger partial charge < -0.3 is 11.1 Å². The second-order valence-corrected chi connectivity index (χ2v) is 6.92. The molecule has 0 radical (unpaired) electrons. The van der Waals surface area contributed by atoms with Crippen LogP contribution in [-0.4, -0.2) is 11.8 Å². The van der Waals surface area contributed by atoms with Crippen LogP contribution in [0.2, 0.25) is 5.02 Å². The third kappa shape index (κ3) is 2.72. The van der Waals surface area contributed by atoms with Gasteiger partial charge in [0.25, 0.3) is 11.8 Å². The Hall–Kier alpha value is -1.92. The third-order valence-electron chi connectivity index (χ3n) is 3.91. The molecule has 1 aliphatic rings. The number of carbonyl (C=O) groups excluding carboxylic acids is 2. The van der Waals surface area contributed by atoms with Gasteiger partial charge in [-0.25, -0.2) is 4.39 Å². The Labute approximate surface area is 141 Å². The zero-order valence-electron chi connectivity index (χ0n) is 12.3. The second kappa shape index (κ2) is 5.94. The minimum atomic E-state index is -0.706. The molecule has 2 amide bonds. The largest absolute Gasteiger partial charge is 0.365 e. The summed E-state index contributed by atoms with van der Waals surface area (Å²) in [6, 6.07) is 2.70. The standard InChI is InChI=1S/C16H14ClFN2O2S/c1-7-5-6-9(18)12(13(7)17)15(22)20-16-11(14(19)21)8-3-2-4-10(8)23-16/h5-6H,2-4H2,1H3,(H2,19,21)(H,20,22). The Morgan fingerprint density at radius 3 is 2.74 bits per heavy atom. The number of primary amides is 1. The van der Waals surface area contributed by atoms with E-state index in [1.165, 1.54) is 23.5 Å². The molecule has 0 saturated heterocycles. The van der Waals surface area contributed by atoms with Crippen molar-refractivity contribution in [3.05, 3.63) is 50.1 Å². The minimum Gasteiger partial charge on any atom is -0.365 e. The smallest absolute Gasteiger partial charge is 0.260 e. The van der Waals surface area contributed by atoms with Gasteiger partial charge in [-0.1, -0.05) is 17.7 Å².